The summed E-state index contributed by atoms with van der Waals surface area (Å²) in [6.45, 7) is 8.89. The molecule has 3 aliphatic rings. The predicted octanol–water partition coefficient (Wildman–Crippen LogP) is 4.48. The average Bonchev–Trinajstić information content (AvgIpc) is 3.03. The maximum absolute atomic E-state index is 13.8. The second-order valence-electron chi connectivity index (χ2n) is 10.9. The molecule has 2 aliphatic carbocycles. The number of likely N-dealkylation sites (N-methyl/N-ethyl adjacent to an activating group) is 1. The van der Waals surface area contributed by atoms with Crippen LogP contribution in [0.2, 0.25) is 0 Å². The van der Waals surface area contributed by atoms with Crippen LogP contribution in [0.3, 0.4) is 0 Å². The third-order valence-electron chi connectivity index (χ3n) is 7.30. The molecular weight excluding hydrogens is 480 g/mol. The molecule has 3 unspecified atom stereocenters. The Labute approximate surface area is 225 Å². The number of rotatable bonds is 10. The van der Waals surface area contributed by atoms with Crippen LogP contribution in [0.5, 0.6) is 0 Å². The van der Waals surface area contributed by atoms with Gasteiger partial charge in [-0.2, -0.15) is 0 Å². The fourth-order valence-electron chi connectivity index (χ4n) is 5.43. The smallest absolute Gasteiger partial charge is 0.240 e. The summed E-state index contributed by atoms with van der Waals surface area (Å²) in [4.78, 5) is 18.3. The van der Waals surface area contributed by atoms with Crippen molar-refractivity contribution in [1.29, 1.82) is 0 Å². The van der Waals surface area contributed by atoms with Gasteiger partial charge in [0.05, 0.1) is 6.04 Å². The number of carbonyl (C=O) groups excluding carboxylic acids is 1. The van der Waals surface area contributed by atoms with Crippen molar-refractivity contribution in [3.63, 3.8) is 0 Å². The molecule has 8 heteroatoms. The number of fused-ring (bicyclic) bond motifs is 1. The fraction of sp³-hybridized carbons (Fsp3) is 0.552. The van der Waals surface area contributed by atoms with Crippen molar-refractivity contribution < 1.29 is 4.79 Å². The van der Waals surface area contributed by atoms with Crippen molar-refractivity contribution in [3.05, 3.63) is 64.8 Å². The van der Waals surface area contributed by atoms with E-state index in [2.05, 4.69) is 94.8 Å². The quantitative estimate of drug-likeness (QED) is 0.441. The number of anilines is 1. The van der Waals surface area contributed by atoms with Crippen molar-refractivity contribution in [3.8, 4) is 0 Å². The molecule has 200 valence electrons. The summed E-state index contributed by atoms with van der Waals surface area (Å²) in [7, 11) is 2.19. The minimum atomic E-state index is -0.540. The zero-order valence-electron chi connectivity index (χ0n) is 22.6. The number of allylic oxidation sites excluding steroid dienone is 9. The lowest BCUT2D eigenvalue weighted by Gasteiger charge is -2.46. The summed E-state index contributed by atoms with van der Waals surface area (Å²) in [5, 5.41) is 13.4. The molecule has 0 saturated carbocycles. The normalized spacial score (nSPS) is 24.5. The van der Waals surface area contributed by atoms with Gasteiger partial charge in [0, 0.05) is 37.6 Å². The zero-order chi connectivity index (χ0) is 26.4. The number of aryl methyl sites for hydroxylation is 1. The van der Waals surface area contributed by atoms with Crippen LogP contribution in [0.1, 0.15) is 44.5 Å². The fourth-order valence-corrected chi connectivity index (χ4v) is 6.04. The van der Waals surface area contributed by atoms with Gasteiger partial charge in [-0.05, 0) is 56.7 Å². The molecule has 1 aliphatic heterocycles. The second-order valence-corrected chi connectivity index (χ2v) is 12.1. The molecule has 0 aromatic carbocycles. The number of aromatic nitrogens is 2. The Hall–Kier alpha value is -2.55. The number of nitrogens with zero attached hydrogens (tertiary/aromatic N) is 4. The van der Waals surface area contributed by atoms with Crippen LogP contribution in [0, 0.1) is 18.8 Å². The lowest BCUT2D eigenvalue weighted by atomic mass is 9.94. The molecule has 4 rings (SSSR count). The Morgan fingerprint density at radius 1 is 1.16 bits per heavy atom. The third kappa shape index (κ3) is 7.72. The summed E-state index contributed by atoms with van der Waals surface area (Å²) in [5.41, 5.74) is 8.93. The Bertz CT molecular complexity index is 1080. The van der Waals surface area contributed by atoms with E-state index in [1.165, 1.54) is 5.57 Å². The Morgan fingerprint density at radius 3 is 2.76 bits per heavy atom. The highest BCUT2D eigenvalue weighted by Crippen LogP contribution is 2.26. The van der Waals surface area contributed by atoms with E-state index >= 15 is 0 Å². The Morgan fingerprint density at radius 2 is 2.00 bits per heavy atom. The summed E-state index contributed by atoms with van der Waals surface area (Å²) in [6, 6.07) is -0.0253. The van der Waals surface area contributed by atoms with E-state index in [1.54, 1.807) is 11.3 Å². The first-order valence-electron chi connectivity index (χ1n) is 13.5. The number of piperazine rings is 1. The molecule has 2 bridgehead atoms. The van der Waals surface area contributed by atoms with E-state index in [9.17, 15) is 4.79 Å². The van der Waals surface area contributed by atoms with Gasteiger partial charge in [0.1, 0.15) is 5.01 Å². The van der Waals surface area contributed by atoms with Crippen LogP contribution in [-0.4, -0.2) is 70.7 Å². The number of hydrogen-bond donors (Lipinski definition) is 2. The Balaban J connectivity index is 1.37. The maximum atomic E-state index is 13.8. The minimum Gasteiger partial charge on any atom is -0.360 e. The summed E-state index contributed by atoms with van der Waals surface area (Å²) in [5.74, 6) is 0.831. The first-order chi connectivity index (χ1) is 17.8. The molecule has 4 atom stereocenters. The Kier molecular flexibility index (Phi) is 9.51. The van der Waals surface area contributed by atoms with Crippen LogP contribution in [0.4, 0.5) is 5.13 Å². The first-order valence-corrected chi connectivity index (χ1v) is 14.4. The van der Waals surface area contributed by atoms with Gasteiger partial charge in [0.15, 0.2) is 0 Å². The minimum absolute atomic E-state index is 0.0806. The van der Waals surface area contributed by atoms with Crippen LogP contribution in [-0.2, 0) is 4.79 Å². The topological polar surface area (TPSA) is 87.4 Å². The molecule has 37 heavy (non-hydrogen) atoms. The van der Waals surface area contributed by atoms with Crippen LogP contribution in [0.15, 0.2) is 59.8 Å². The molecule has 3 N–H and O–H groups in total. The summed E-state index contributed by atoms with van der Waals surface area (Å²) >= 11 is 1.58. The SMILES string of the molecule is Cc1nnc(NCCCC2CN(C(=O)C(N)CC3=CC4C=CC=CC(=C4)C=C3)[C@H](CC(C)C)CN2C)s1. The van der Waals surface area contributed by atoms with E-state index in [0.29, 0.717) is 18.4 Å². The highest BCUT2D eigenvalue weighted by molar-refractivity contribution is 7.15. The molecule has 1 fully saturated rings. The number of hydrogen-bond acceptors (Lipinski definition) is 7. The number of nitrogens with one attached hydrogen (secondary N) is 1. The highest BCUT2D eigenvalue weighted by atomic mass is 32.1. The molecule has 0 spiro atoms. The second kappa shape index (κ2) is 12.8. The van der Waals surface area contributed by atoms with Gasteiger partial charge in [-0.3, -0.25) is 9.69 Å². The maximum Gasteiger partial charge on any atom is 0.240 e. The van der Waals surface area contributed by atoms with Gasteiger partial charge in [0.25, 0.3) is 0 Å². The monoisotopic (exact) mass is 522 g/mol. The van der Waals surface area contributed by atoms with Crippen molar-refractivity contribution in [2.24, 2.45) is 17.6 Å². The third-order valence-corrected chi connectivity index (χ3v) is 8.10. The first kappa shape index (κ1) is 27.5. The van der Waals surface area contributed by atoms with Gasteiger partial charge in [-0.15, -0.1) is 10.2 Å². The predicted molar refractivity (Wildman–Crippen MR) is 153 cm³/mol. The van der Waals surface area contributed by atoms with E-state index in [0.717, 1.165) is 54.6 Å². The van der Waals surface area contributed by atoms with Crippen molar-refractivity contribution in [2.75, 3.05) is 32.0 Å². The highest BCUT2D eigenvalue weighted by Gasteiger charge is 2.36. The van der Waals surface area contributed by atoms with E-state index in [-0.39, 0.29) is 17.9 Å². The van der Waals surface area contributed by atoms with E-state index in [1.807, 2.05) is 6.92 Å². The van der Waals surface area contributed by atoms with Crippen molar-refractivity contribution >= 4 is 22.4 Å². The molecule has 0 radical (unpaired) electrons. The lowest BCUT2D eigenvalue weighted by Crippen LogP contribution is -2.61. The molecule has 1 saturated heterocycles. The van der Waals surface area contributed by atoms with E-state index < -0.39 is 6.04 Å². The van der Waals surface area contributed by atoms with Gasteiger partial charge in [-0.1, -0.05) is 73.8 Å². The zero-order valence-corrected chi connectivity index (χ0v) is 23.5. The van der Waals surface area contributed by atoms with Crippen molar-refractivity contribution in [1.82, 2.24) is 20.0 Å². The van der Waals surface area contributed by atoms with Gasteiger partial charge < -0.3 is 16.0 Å². The molecule has 1 amide bonds. The molecule has 7 nitrogen and oxygen atoms in total. The number of amides is 1. The van der Waals surface area contributed by atoms with Crippen LogP contribution < -0.4 is 11.1 Å². The van der Waals surface area contributed by atoms with Crippen LogP contribution >= 0.6 is 11.3 Å². The molecule has 1 aromatic rings. The largest absolute Gasteiger partial charge is 0.360 e. The molecule has 2 heterocycles. The summed E-state index contributed by atoms with van der Waals surface area (Å²) in [6.07, 6.45) is 20.7. The standard InChI is InChI=1S/C29H42N6OS/c1-20(2)14-26-18-34(4)25(10-7-13-31-29-33-32-21(3)37-29)19-35(26)28(36)27(30)17-24-12-11-22-8-5-6-9-23(15-22)16-24/h5-6,8-9,11-12,15-16,20,23,25-27H,7,10,13-14,17-19,30H2,1-4H3,(H,31,33)/t23?,25?,26-,27?/m1/s1. The lowest BCUT2D eigenvalue weighted by molar-refractivity contribution is -0.139. The van der Waals surface area contributed by atoms with Gasteiger partial charge in [-0.25, -0.2) is 0 Å². The van der Waals surface area contributed by atoms with Gasteiger partial charge >= 0.3 is 0 Å². The number of carbonyl (C=O) groups is 1. The molecular formula is C29H42N6OS. The summed E-state index contributed by atoms with van der Waals surface area (Å²) < 4.78 is 0. The average molecular weight is 523 g/mol. The van der Waals surface area contributed by atoms with Gasteiger partial charge in [0.2, 0.25) is 11.0 Å². The van der Waals surface area contributed by atoms with E-state index in [4.69, 9.17) is 5.73 Å². The van der Waals surface area contributed by atoms with Crippen LogP contribution in [0.25, 0.3) is 0 Å². The molecule has 1 aromatic heterocycles. The number of nitrogens with two attached hydrogens (primary N) is 1. The van der Waals surface area contributed by atoms with Crippen molar-refractivity contribution in [2.45, 2.75) is 64.6 Å².